The van der Waals surface area contributed by atoms with Crippen LogP contribution in [0.25, 0.3) is 0 Å². The quantitative estimate of drug-likeness (QED) is 0.837. The largest absolute Gasteiger partial charge is 0.383 e. The topological polar surface area (TPSA) is 32.8 Å². The van der Waals surface area contributed by atoms with Crippen molar-refractivity contribution in [2.24, 2.45) is 5.41 Å². The Labute approximate surface area is 139 Å². The van der Waals surface area contributed by atoms with Gasteiger partial charge in [0.1, 0.15) is 0 Å². The van der Waals surface area contributed by atoms with Crippen molar-refractivity contribution in [1.29, 1.82) is 0 Å². The maximum absolute atomic E-state index is 12.4. The van der Waals surface area contributed by atoms with Gasteiger partial charge in [-0.2, -0.15) is 0 Å². The van der Waals surface area contributed by atoms with E-state index in [0.29, 0.717) is 12.3 Å². The lowest BCUT2D eigenvalue weighted by Crippen LogP contribution is -2.54. The van der Waals surface area contributed by atoms with Crippen molar-refractivity contribution in [3.8, 4) is 0 Å². The van der Waals surface area contributed by atoms with Crippen LogP contribution in [0.1, 0.15) is 31.2 Å². The highest BCUT2D eigenvalue weighted by Crippen LogP contribution is 2.39. The number of rotatable bonds is 5. The molecule has 2 heterocycles. The zero-order chi connectivity index (χ0) is 16.1. The first-order valence-electron chi connectivity index (χ1n) is 8.74. The Balaban J connectivity index is 1.65. The first kappa shape index (κ1) is 16.5. The van der Waals surface area contributed by atoms with Crippen molar-refractivity contribution >= 4 is 5.91 Å². The van der Waals surface area contributed by atoms with Crippen LogP contribution in [-0.2, 0) is 16.1 Å². The van der Waals surface area contributed by atoms with Gasteiger partial charge in [0.2, 0.25) is 5.91 Å². The van der Waals surface area contributed by atoms with Crippen LogP contribution in [0.15, 0.2) is 30.3 Å². The van der Waals surface area contributed by atoms with Gasteiger partial charge >= 0.3 is 0 Å². The van der Waals surface area contributed by atoms with E-state index >= 15 is 0 Å². The average Bonchev–Trinajstić information content (AvgIpc) is 2.58. The molecule has 2 aliphatic heterocycles. The van der Waals surface area contributed by atoms with Crippen molar-refractivity contribution in [1.82, 2.24) is 9.80 Å². The SMILES string of the molecule is COCCN1CCCC2(CCC(=O)N(Cc3ccccc3)C2)C1. The Morgan fingerprint density at radius 2 is 2.00 bits per heavy atom. The summed E-state index contributed by atoms with van der Waals surface area (Å²) in [4.78, 5) is 17.0. The Morgan fingerprint density at radius 3 is 2.78 bits per heavy atom. The number of amides is 1. The molecule has 0 aromatic heterocycles. The number of carbonyl (C=O) groups is 1. The van der Waals surface area contributed by atoms with Crippen molar-refractivity contribution < 1.29 is 9.53 Å². The van der Waals surface area contributed by atoms with E-state index in [1.54, 1.807) is 7.11 Å². The summed E-state index contributed by atoms with van der Waals surface area (Å²) >= 11 is 0. The van der Waals surface area contributed by atoms with Crippen LogP contribution < -0.4 is 0 Å². The van der Waals surface area contributed by atoms with Crippen LogP contribution >= 0.6 is 0 Å². The van der Waals surface area contributed by atoms with Crippen molar-refractivity contribution in [2.75, 3.05) is 39.9 Å². The number of carbonyl (C=O) groups excluding carboxylic acids is 1. The Kier molecular flexibility index (Phi) is 5.34. The molecule has 1 aromatic carbocycles. The van der Waals surface area contributed by atoms with E-state index in [9.17, 15) is 4.79 Å². The van der Waals surface area contributed by atoms with Gasteiger partial charge in [-0.3, -0.25) is 4.79 Å². The fourth-order valence-corrected chi connectivity index (χ4v) is 4.10. The third-order valence-electron chi connectivity index (χ3n) is 5.32. The van der Waals surface area contributed by atoms with E-state index in [0.717, 1.165) is 45.8 Å². The smallest absolute Gasteiger partial charge is 0.222 e. The van der Waals surface area contributed by atoms with E-state index in [1.807, 2.05) is 18.2 Å². The maximum Gasteiger partial charge on any atom is 0.222 e. The average molecular weight is 316 g/mol. The van der Waals surface area contributed by atoms with E-state index in [4.69, 9.17) is 4.74 Å². The van der Waals surface area contributed by atoms with Crippen LogP contribution in [0.4, 0.5) is 0 Å². The number of nitrogens with zero attached hydrogens (tertiary/aromatic N) is 2. The molecular formula is C19H28N2O2. The summed E-state index contributed by atoms with van der Waals surface area (Å²) in [7, 11) is 1.76. The van der Waals surface area contributed by atoms with Gasteiger partial charge < -0.3 is 14.5 Å². The van der Waals surface area contributed by atoms with Gasteiger partial charge in [0.15, 0.2) is 0 Å². The van der Waals surface area contributed by atoms with Gasteiger partial charge in [0.25, 0.3) is 0 Å². The molecule has 126 valence electrons. The number of methoxy groups -OCH3 is 1. The molecule has 2 aliphatic rings. The number of ether oxygens (including phenoxy) is 1. The van der Waals surface area contributed by atoms with Crippen LogP contribution in [-0.4, -0.2) is 55.6 Å². The number of hydrogen-bond acceptors (Lipinski definition) is 3. The molecular weight excluding hydrogens is 288 g/mol. The maximum atomic E-state index is 12.4. The molecule has 1 atom stereocenters. The molecule has 2 fully saturated rings. The molecule has 0 saturated carbocycles. The summed E-state index contributed by atoms with van der Waals surface area (Å²) in [6, 6.07) is 10.3. The minimum absolute atomic E-state index is 0.286. The first-order valence-corrected chi connectivity index (χ1v) is 8.74. The molecule has 1 unspecified atom stereocenters. The summed E-state index contributed by atoms with van der Waals surface area (Å²) < 4.78 is 5.23. The van der Waals surface area contributed by atoms with E-state index in [1.165, 1.54) is 18.4 Å². The lowest BCUT2D eigenvalue weighted by molar-refractivity contribution is -0.140. The predicted octanol–water partition coefficient (Wildman–Crippen LogP) is 2.54. The lowest BCUT2D eigenvalue weighted by Gasteiger charge is -2.48. The number of benzene rings is 1. The summed E-state index contributed by atoms with van der Waals surface area (Å²) in [5.74, 6) is 0.313. The van der Waals surface area contributed by atoms with Gasteiger partial charge in [0, 0.05) is 45.1 Å². The number of likely N-dealkylation sites (tertiary alicyclic amines) is 2. The molecule has 4 heteroatoms. The third kappa shape index (κ3) is 4.12. The molecule has 4 nitrogen and oxygen atoms in total. The molecule has 0 N–H and O–H groups in total. The minimum atomic E-state index is 0.286. The summed E-state index contributed by atoms with van der Waals surface area (Å²) in [6.07, 6.45) is 4.22. The van der Waals surface area contributed by atoms with Crippen LogP contribution in [0, 0.1) is 5.41 Å². The molecule has 1 amide bonds. The van der Waals surface area contributed by atoms with Crippen LogP contribution in [0.3, 0.4) is 0 Å². The van der Waals surface area contributed by atoms with Crippen molar-refractivity contribution in [3.05, 3.63) is 35.9 Å². The highest BCUT2D eigenvalue weighted by molar-refractivity contribution is 5.77. The van der Waals surface area contributed by atoms with Crippen LogP contribution in [0.5, 0.6) is 0 Å². The summed E-state index contributed by atoms with van der Waals surface area (Å²) in [6.45, 7) is 5.73. The predicted molar refractivity (Wildman–Crippen MR) is 91.1 cm³/mol. The highest BCUT2D eigenvalue weighted by atomic mass is 16.5. The molecule has 2 saturated heterocycles. The molecule has 23 heavy (non-hydrogen) atoms. The second-order valence-corrected chi connectivity index (χ2v) is 7.11. The van der Waals surface area contributed by atoms with Gasteiger partial charge in [-0.25, -0.2) is 0 Å². The van der Waals surface area contributed by atoms with Gasteiger partial charge in [-0.15, -0.1) is 0 Å². The van der Waals surface area contributed by atoms with Crippen molar-refractivity contribution in [3.63, 3.8) is 0 Å². The van der Waals surface area contributed by atoms with E-state index < -0.39 is 0 Å². The Bertz CT molecular complexity index is 519. The Morgan fingerprint density at radius 1 is 1.17 bits per heavy atom. The zero-order valence-electron chi connectivity index (χ0n) is 14.2. The van der Waals surface area contributed by atoms with Gasteiger partial charge in [0.05, 0.1) is 6.61 Å². The van der Waals surface area contributed by atoms with Gasteiger partial charge in [-0.1, -0.05) is 30.3 Å². The van der Waals surface area contributed by atoms with Gasteiger partial charge in [-0.05, 0) is 31.4 Å². The molecule has 1 spiro atoms. The molecule has 3 rings (SSSR count). The Hall–Kier alpha value is -1.39. The fraction of sp³-hybridized carbons (Fsp3) is 0.632. The first-order chi connectivity index (χ1) is 11.2. The zero-order valence-corrected chi connectivity index (χ0v) is 14.2. The standard InChI is InChI=1S/C19H28N2O2/c1-23-13-12-20-11-5-9-19(15-20)10-8-18(22)21(16-19)14-17-6-3-2-4-7-17/h2-4,6-7H,5,8-16H2,1H3. The fourth-order valence-electron chi connectivity index (χ4n) is 4.10. The monoisotopic (exact) mass is 316 g/mol. The second-order valence-electron chi connectivity index (χ2n) is 7.11. The molecule has 0 aliphatic carbocycles. The van der Waals surface area contributed by atoms with Crippen molar-refractivity contribution in [2.45, 2.75) is 32.2 Å². The van der Waals surface area contributed by atoms with E-state index in [2.05, 4.69) is 21.9 Å². The highest BCUT2D eigenvalue weighted by Gasteiger charge is 2.41. The van der Waals surface area contributed by atoms with E-state index in [-0.39, 0.29) is 5.41 Å². The summed E-state index contributed by atoms with van der Waals surface area (Å²) in [5.41, 5.74) is 1.51. The number of hydrogen-bond donors (Lipinski definition) is 0. The molecule has 0 bridgehead atoms. The second kappa shape index (κ2) is 7.45. The minimum Gasteiger partial charge on any atom is -0.383 e. The molecule has 1 aromatic rings. The lowest BCUT2D eigenvalue weighted by atomic mass is 9.73. The number of piperidine rings is 2. The third-order valence-corrected chi connectivity index (χ3v) is 5.32. The van der Waals surface area contributed by atoms with Crippen LogP contribution in [0.2, 0.25) is 0 Å². The summed E-state index contributed by atoms with van der Waals surface area (Å²) in [5, 5.41) is 0. The normalized spacial score (nSPS) is 26.0. The molecule has 0 radical (unpaired) electrons.